The lowest BCUT2D eigenvalue weighted by Crippen LogP contribution is -2.39. The summed E-state index contributed by atoms with van der Waals surface area (Å²) in [5.41, 5.74) is 0.373. The molecule has 1 amide bonds. The minimum atomic E-state index is 0.207. The van der Waals surface area contributed by atoms with Crippen LogP contribution >= 0.6 is 0 Å². The van der Waals surface area contributed by atoms with E-state index in [2.05, 4.69) is 31.4 Å². The van der Waals surface area contributed by atoms with Crippen LogP contribution in [-0.2, 0) is 4.79 Å². The Morgan fingerprint density at radius 3 is 2.76 bits per heavy atom. The van der Waals surface area contributed by atoms with Crippen LogP contribution in [0.25, 0.3) is 0 Å². The molecule has 1 heterocycles. The molecule has 0 aromatic heterocycles. The first-order valence-electron chi connectivity index (χ1n) is 7.03. The molecular formula is C14H28N2O. The highest BCUT2D eigenvalue weighted by Gasteiger charge is 2.22. The summed E-state index contributed by atoms with van der Waals surface area (Å²) in [4.78, 5) is 11.0. The maximum Gasteiger partial charge on any atom is 0.220 e. The van der Waals surface area contributed by atoms with E-state index in [1.165, 1.54) is 25.7 Å². The molecule has 0 spiro atoms. The molecule has 0 bridgehead atoms. The van der Waals surface area contributed by atoms with E-state index in [-0.39, 0.29) is 5.91 Å². The number of rotatable bonds is 8. The van der Waals surface area contributed by atoms with Gasteiger partial charge in [0, 0.05) is 25.6 Å². The zero-order chi connectivity index (χ0) is 12.7. The van der Waals surface area contributed by atoms with Gasteiger partial charge in [0.2, 0.25) is 5.91 Å². The van der Waals surface area contributed by atoms with Crippen LogP contribution in [0.5, 0.6) is 0 Å². The van der Waals surface area contributed by atoms with Crippen molar-refractivity contribution in [3.05, 3.63) is 0 Å². The van der Waals surface area contributed by atoms with E-state index < -0.39 is 0 Å². The lowest BCUT2D eigenvalue weighted by Gasteiger charge is -2.26. The second kappa shape index (κ2) is 7.00. The Morgan fingerprint density at radius 1 is 1.41 bits per heavy atom. The summed E-state index contributed by atoms with van der Waals surface area (Å²) in [6.07, 6.45) is 6.92. The molecule has 3 heteroatoms. The van der Waals surface area contributed by atoms with Gasteiger partial charge >= 0.3 is 0 Å². The van der Waals surface area contributed by atoms with E-state index in [1.54, 1.807) is 0 Å². The smallest absolute Gasteiger partial charge is 0.220 e. The first-order valence-corrected chi connectivity index (χ1v) is 7.03. The lowest BCUT2D eigenvalue weighted by atomic mass is 9.87. The van der Waals surface area contributed by atoms with Crippen LogP contribution in [0.3, 0.4) is 0 Å². The van der Waals surface area contributed by atoms with Gasteiger partial charge < -0.3 is 10.6 Å². The van der Waals surface area contributed by atoms with Crippen LogP contribution in [0.1, 0.15) is 59.3 Å². The zero-order valence-corrected chi connectivity index (χ0v) is 11.6. The van der Waals surface area contributed by atoms with E-state index >= 15 is 0 Å². The predicted molar refractivity (Wildman–Crippen MR) is 72.0 cm³/mol. The van der Waals surface area contributed by atoms with Gasteiger partial charge in [-0.25, -0.2) is 0 Å². The van der Waals surface area contributed by atoms with Crippen molar-refractivity contribution in [2.45, 2.75) is 65.3 Å². The van der Waals surface area contributed by atoms with Gasteiger partial charge in [0.15, 0.2) is 0 Å². The minimum Gasteiger partial charge on any atom is -0.352 e. The number of unbranched alkanes of at least 4 members (excludes halogenated alkanes) is 2. The zero-order valence-electron chi connectivity index (χ0n) is 11.6. The predicted octanol–water partition coefficient (Wildman–Crippen LogP) is 2.46. The molecule has 0 radical (unpaired) electrons. The molecule has 17 heavy (non-hydrogen) atoms. The van der Waals surface area contributed by atoms with Gasteiger partial charge in [-0.2, -0.15) is 0 Å². The summed E-state index contributed by atoms with van der Waals surface area (Å²) < 4.78 is 0. The Hall–Kier alpha value is -0.570. The monoisotopic (exact) mass is 240 g/mol. The number of amides is 1. The normalized spacial score (nSPS) is 20.6. The van der Waals surface area contributed by atoms with Gasteiger partial charge in [-0.15, -0.1) is 0 Å². The Morgan fingerprint density at radius 2 is 2.18 bits per heavy atom. The largest absolute Gasteiger partial charge is 0.352 e. The van der Waals surface area contributed by atoms with E-state index in [4.69, 9.17) is 0 Å². The number of hydrogen-bond acceptors (Lipinski definition) is 2. The minimum absolute atomic E-state index is 0.207. The highest BCUT2D eigenvalue weighted by Crippen LogP contribution is 2.22. The van der Waals surface area contributed by atoms with E-state index in [0.29, 0.717) is 17.9 Å². The average Bonchev–Trinajstić information content (AvgIpc) is 2.64. The quantitative estimate of drug-likeness (QED) is 0.640. The number of nitrogens with one attached hydrogen (secondary N) is 2. The van der Waals surface area contributed by atoms with E-state index in [1.807, 2.05) is 0 Å². The average molecular weight is 240 g/mol. The molecular weight excluding hydrogens is 212 g/mol. The van der Waals surface area contributed by atoms with Crippen LogP contribution in [0.4, 0.5) is 0 Å². The van der Waals surface area contributed by atoms with Crippen LogP contribution in [0.2, 0.25) is 0 Å². The van der Waals surface area contributed by atoms with Crippen LogP contribution in [0, 0.1) is 5.41 Å². The van der Waals surface area contributed by atoms with Gasteiger partial charge in [-0.1, -0.05) is 40.0 Å². The van der Waals surface area contributed by atoms with Gasteiger partial charge in [0.1, 0.15) is 0 Å². The lowest BCUT2D eigenvalue weighted by molar-refractivity contribution is -0.119. The summed E-state index contributed by atoms with van der Waals surface area (Å²) in [6, 6.07) is 0.356. The van der Waals surface area contributed by atoms with Gasteiger partial charge in [0.25, 0.3) is 0 Å². The molecule has 1 rings (SSSR count). The molecule has 1 aliphatic rings. The first kappa shape index (κ1) is 14.5. The summed E-state index contributed by atoms with van der Waals surface area (Å²) in [5.74, 6) is 0.207. The molecule has 0 aromatic rings. The topological polar surface area (TPSA) is 41.1 Å². The Labute approximate surface area is 106 Å². The molecule has 3 nitrogen and oxygen atoms in total. The third kappa shape index (κ3) is 6.06. The van der Waals surface area contributed by atoms with Crippen molar-refractivity contribution in [1.29, 1.82) is 0 Å². The van der Waals surface area contributed by atoms with Crippen molar-refractivity contribution in [2.24, 2.45) is 5.41 Å². The van der Waals surface area contributed by atoms with Crippen molar-refractivity contribution < 1.29 is 4.79 Å². The van der Waals surface area contributed by atoms with Gasteiger partial charge in [-0.05, 0) is 18.3 Å². The molecule has 1 saturated heterocycles. The summed E-state index contributed by atoms with van der Waals surface area (Å²) >= 11 is 0. The van der Waals surface area contributed by atoms with Crippen molar-refractivity contribution in [3.8, 4) is 0 Å². The van der Waals surface area contributed by atoms with E-state index in [9.17, 15) is 4.79 Å². The van der Waals surface area contributed by atoms with Crippen molar-refractivity contribution in [2.75, 3.05) is 13.1 Å². The number of carbonyl (C=O) groups is 1. The van der Waals surface area contributed by atoms with Gasteiger partial charge in [0.05, 0.1) is 0 Å². The fraction of sp³-hybridized carbons (Fsp3) is 0.929. The second-order valence-corrected chi connectivity index (χ2v) is 6.06. The Bertz CT molecular complexity index is 238. The fourth-order valence-electron chi connectivity index (χ4n) is 2.36. The molecule has 100 valence electrons. The van der Waals surface area contributed by atoms with Crippen LogP contribution in [-0.4, -0.2) is 25.0 Å². The second-order valence-electron chi connectivity index (χ2n) is 6.06. The highest BCUT2D eigenvalue weighted by atomic mass is 16.1. The molecule has 2 N–H and O–H groups in total. The fourth-order valence-corrected chi connectivity index (χ4v) is 2.36. The molecule has 1 fully saturated rings. The summed E-state index contributed by atoms with van der Waals surface area (Å²) in [7, 11) is 0. The molecule has 1 aliphatic heterocycles. The molecule has 0 aromatic carbocycles. The molecule has 0 saturated carbocycles. The Kier molecular flexibility index (Phi) is 5.96. The first-order chi connectivity index (χ1) is 8.03. The summed E-state index contributed by atoms with van der Waals surface area (Å²) in [6.45, 7) is 8.85. The van der Waals surface area contributed by atoms with Crippen LogP contribution in [0.15, 0.2) is 0 Å². The molecule has 1 atom stereocenters. The van der Waals surface area contributed by atoms with Crippen LogP contribution < -0.4 is 10.6 Å². The summed E-state index contributed by atoms with van der Waals surface area (Å²) in [5, 5.41) is 6.49. The number of carbonyl (C=O) groups excluding carboxylic acids is 1. The molecule has 1 unspecified atom stereocenters. The van der Waals surface area contributed by atoms with Crippen molar-refractivity contribution in [3.63, 3.8) is 0 Å². The standard InChI is InChI=1S/C14H28N2O/c1-4-5-6-9-14(2,3)11-15-10-12-7-8-13(17)16-12/h12,15H,4-11H2,1-3H3,(H,16,17). The van der Waals surface area contributed by atoms with E-state index in [0.717, 1.165) is 19.5 Å². The maximum absolute atomic E-state index is 11.0. The Balaban J connectivity index is 2.09. The number of hydrogen-bond donors (Lipinski definition) is 2. The highest BCUT2D eigenvalue weighted by molar-refractivity contribution is 5.78. The van der Waals surface area contributed by atoms with Crippen molar-refractivity contribution >= 4 is 5.91 Å². The maximum atomic E-state index is 11.0. The third-order valence-corrected chi connectivity index (χ3v) is 3.54. The van der Waals surface area contributed by atoms with Gasteiger partial charge in [-0.3, -0.25) is 4.79 Å². The SMILES string of the molecule is CCCCCC(C)(C)CNCC1CCC(=O)N1. The van der Waals surface area contributed by atoms with Crippen molar-refractivity contribution in [1.82, 2.24) is 10.6 Å². The third-order valence-electron chi connectivity index (χ3n) is 3.54. The molecule has 0 aliphatic carbocycles.